The number of nitrogens with one attached hydrogen (secondary N) is 1. The van der Waals surface area contributed by atoms with Crippen LogP contribution in [0.5, 0.6) is 0 Å². The first-order chi connectivity index (χ1) is 7.24. The molecule has 0 amide bonds. The van der Waals surface area contributed by atoms with Gasteiger partial charge in [-0.05, 0) is 59.0 Å². The van der Waals surface area contributed by atoms with Gasteiger partial charge in [0.25, 0.3) is 0 Å². The standard InChI is InChI=1S/C10H9IN4/c11-7-1-3-8(4-2-7)13-10-6-5-9(12)14-15-10/h1-6H,(H2,12,14)(H,13,15). The molecule has 76 valence electrons. The number of halogens is 1. The fourth-order valence-corrected chi connectivity index (χ4v) is 1.45. The van der Waals surface area contributed by atoms with Crippen LogP contribution in [0.4, 0.5) is 17.3 Å². The molecule has 3 N–H and O–H groups in total. The minimum Gasteiger partial charge on any atom is -0.382 e. The zero-order valence-electron chi connectivity index (χ0n) is 7.81. The third-order valence-electron chi connectivity index (χ3n) is 1.80. The van der Waals surface area contributed by atoms with Gasteiger partial charge in [0.05, 0.1) is 0 Å². The molecule has 0 saturated heterocycles. The largest absolute Gasteiger partial charge is 0.382 e. The van der Waals surface area contributed by atoms with Crippen LogP contribution < -0.4 is 11.1 Å². The zero-order valence-corrected chi connectivity index (χ0v) is 9.97. The molecule has 4 nitrogen and oxygen atoms in total. The Hall–Kier alpha value is -1.37. The summed E-state index contributed by atoms with van der Waals surface area (Å²) in [6, 6.07) is 11.5. The van der Waals surface area contributed by atoms with Crippen LogP contribution in [0, 0.1) is 3.57 Å². The third kappa shape index (κ3) is 2.79. The molecule has 1 aromatic heterocycles. The normalized spacial score (nSPS) is 9.93. The molecule has 0 saturated carbocycles. The number of hydrogen-bond donors (Lipinski definition) is 2. The number of anilines is 3. The molecule has 0 spiro atoms. The van der Waals surface area contributed by atoms with Crippen molar-refractivity contribution in [2.75, 3.05) is 11.1 Å². The first kappa shape index (κ1) is 10.2. The van der Waals surface area contributed by atoms with E-state index in [1.54, 1.807) is 12.1 Å². The molecule has 0 aliphatic rings. The van der Waals surface area contributed by atoms with Crippen molar-refractivity contribution in [3.8, 4) is 0 Å². The molecule has 2 rings (SSSR count). The Morgan fingerprint density at radius 1 is 1.00 bits per heavy atom. The molecule has 15 heavy (non-hydrogen) atoms. The van der Waals surface area contributed by atoms with Crippen molar-refractivity contribution in [1.82, 2.24) is 10.2 Å². The molecular weight excluding hydrogens is 303 g/mol. The quantitative estimate of drug-likeness (QED) is 0.836. The Morgan fingerprint density at radius 2 is 1.73 bits per heavy atom. The van der Waals surface area contributed by atoms with E-state index in [0.29, 0.717) is 11.6 Å². The average Bonchev–Trinajstić information content (AvgIpc) is 2.25. The van der Waals surface area contributed by atoms with Gasteiger partial charge in [-0.2, -0.15) is 0 Å². The maximum atomic E-state index is 5.44. The summed E-state index contributed by atoms with van der Waals surface area (Å²) in [5.74, 6) is 1.11. The van der Waals surface area contributed by atoms with Crippen LogP contribution >= 0.6 is 22.6 Å². The number of nitrogen functional groups attached to an aromatic ring is 1. The Labute approximate surface area is 101 Å². The van der Waals surface area contributed by atoms with E-state index in [2.05, 4.69) is 38.1 Å². The van der Waals surface area contributed by atoms with Gasteiger partial charge in [0.1, 0.15) is 5.82 Å². The number of nitrogens with zero attached hydrogens (tertiary/aromatic N) is 2. The monoisotopic (exact) mass is 312 g/mol. The van der Waals surface area contributed by atoms with Crippen LogP contribution in [-0.4, -0.2) is 10.2 Å². The van der Waals surface area contributed by atoms with E-state index < -0.39 is 0 Å². The Balaban J connectivity index is 2.15. The van der Waals surface area contributed by atoms with Crippen molar-refractivity contribution >= 4 is 39.9 Å². The highest BCUT2D eigenvalue weighted by molar-refractivity contribution is 14.1. The highest BCUT2D eigenvalue weighted by Gasteiger charge is 1.96. The van der Waals surface area contributed by atoms with E-state index in [0.717, 1.165) is 5.69 Å². The summed E-state index contributed by atoms with van der Waals surface area (Å²) in [6.45, 7) is 0. The molecule has 0 fully saturated rings. The molecule has 0 atom stereocenters. The van der Waals surface area contributed by atoms with Gasteiger partial charge >= 0.3 is 0 Å². The molecule has 0 unspecified atom stereocenters. The van der Waals surface area contributed by atoms with Crippen LogP contribution in [0.3, 0.4) is 0 Å². The van der Waals surface area contributed by atoms with E-state index in [1.165, 1.54) is 3.57 Å². The molecular formula is C10H9IN4. The maximum Gasteiger partial charge on any atom is 0.153 e. The second kappa shape index (κ2) is 4.43. The summed E-state index contributed by atoms with van der Waals surface area (Å²) in [7, 11) is 0. The summed E-state index contributed by atoms with van der Waals surface area (Å²) < 4.78 is 1.20. The fourth-order valence-electron chi connectivity index (χ4n) is 1.09. The molecule has 0 radical (unpaired) electrons. The summed E-state index contributed by atoms with van der Waals surface area (Å²) in [5.41, 5.74) is 6.42. The average molecular weight is 312 g/mol. The lowest BCUT2D eigenvalue weighted by molar-refractivity contribution is 1.05. The predicted octanol–water partition coefficient (Wildman–Crippen LogP) is 2.41. The van der Waals surface area contributed by atoms with Gasteiger partial charge in [0.15, 0.2) is 5.82 Å². The van der Waals surface area contributed by atoms with Crippen LogP contribution in [0.1, 0.15) is 0 Å². The van der Waals surface area contributed by atoms with Crippen molar-refractivity contribution in [2.24, 2.45) is 0 Å². The SMILES string of the molecule is Nc1ccc(Nc2ccc(I)cc2)nn1. The number of hydrogen-bond acceptors (Lipinski definition) is 4. The first-order valence-corrected chi connectivity index (χ1v) is 5.44. The maximum absolute atomic E-state index is 5.44. The summed E-state index contributed by atoms with van der Waals surface area (Å²) >= 11 is 2.26. The van der Waals surface area contributed by atoms with Gasteiger partial charge in [-0.1, -0.05) is 0 Å². The van der Waals surface area contributed by atoms with Crippen molar-refractivity contribution in [3.63, 3.8) is 0 Å². The lowest BCUT2D eigenvalue weighted by Crippen LogP contribution is -1.97. The minimum absolute atomic E-state index is 0.420. The summed E-state index contributed by atoms with van der Waals surface area (Å²) in [4.78, 5) is 0. The van der Waals surface area contributed by atoms with Crippen LogP contribution in [0.15, 0.2) is 36.4 Å². The molecule has 5 heteroatoms. The molecule has 0 bridgehead atoms. The van der Waals surface area contributed by atoms with Crippen molar-refractivity contribution < 1.29 is 0 Å². The van der Waals surface area contributed by atoms with E-state index in [9.17, 15) is 0 Å². The van der Waals surface area contributed by atoms with Gasteiger partial charge in [-0.15, -0.1) is 10.2 Å². The third-order valence-corrected chi connectivity index (χ3v) is 2.52. The fraction of sp³-hybridized carbons (Fsp3) is 0. The number of benzene rings is 1. The van der Waals surface area contributed by atoms with E-state index in [1.807, 2.05) is 24.3 Å². The van der Waals surface area contributed by atoms with E-state index in [4.69, 9.17) is 5.73 Å². The van der Waals surface area contributed by atoms with Crippen LogP contribution in [0.25, 0.3) is 0 Å². The first-order valence-electron chi connectivity index (χ1n) is 4.36. The highest BCUT2D eigenvalue weighted by Crippen LogP contribution is 2.15. The van der Waals surface area contributed by atoms with Gasteiger partial charge in [-0.3, -0.25) is 0 Å². The molecule has 0 aliphatic heterocycles. The summed E-state index contributed by atoms with van der Waals surface area (Å²) in [6.07, 6.45) is 0. The molecule has 1 aromatic carbocycles. The van der Waals surface area contributed by atoms with Crippen molar-refractivity contribution in [3.05, 3.63) is 40.0 Å². The van der Waals surface area contributed by atoms with Crippen molar-refractivity contribution in [2.45, 2.75) is 0 Å². The van der Waals surface area contributed by atoms with Crippen LogP contribution in [0.2, 0.25) is 0 Å². The van der Waals surface area contributed by atoms with Gasteiger partial charge < -0.3 is 11.1 Å². The smallest absolute Gasteiger partial charge is 0.153 e. The Bertz CT molecular complexity index is 394. The minimum atomic E-state index is 0.420. The van der Waals surface area contributed by atoms with Crippen molar-refractivity contribution in [1.29, 1.82) is 0 Å². The number of nitrogens with two attached hydrogens (primary N) is 1. The van der Waals surface area contributed by atoms with E-state index in [-0.39, 0.29) is 0 Å². The topological polar surface area (TPSA) is 63.8 Å². The molecule has 1 heterocycles. The molecule has 2 aromatic rings. The molecule has 0 aliphatic carbocycles. The van der Waals surface area contributed by atoms with E-state index >= 15 is 0 Å². The lowest BCUT2D eigenvalue weighted by atomic mass is 10.3. The number of rotatable bonds is 2. The number of aromatic nitrogens is 2. The van der Waals surface area contributed by atoms with Gasteiger partial charge in [0, 0.05) is 9.26 Å². The lowest BCUT2D eigenvalue weighted by Gasteiger charge is -2.04. The van der Waals surface area contributed by atoms with Crippen LogP contribution in [-0.2, 0) is 0 Å². The Kier molecular flexibility index (Phi) is 3.00. The van der Waals surface area contributed by atoms with Gasteiger partial charge in [-0.25, -0.2) is 0 Å². The second-order valence-electron chi connectivity index (χ2n) is 2.98. The second-order valence-corrected chi connectivity index (χ2v) is 4.22. The highest BCUT2D eigenvalue weighted by atomic mass is 127. The predicted molar refractivity (Wildman–Crippen MR) is 68.9 cm³/mol. The summed E-state index contributed by atoms with van der Waals surface area (Å²) in [5, 5.41) is 10.8. The Morgan fingerprint density at radius 3 is 2.33 bits per heavy atom. The van der Waals surface area contributed by atoms with Gasteiger partial charge in [0.2, 0.25) is 0 Å². The zero-order chi connectivity index (χ0) is 10.7.